The fourth-order valence-electron chi connectivity index (χ4n) is 1.63. The van der Waals surface area contributed by atoms with Crippen LogP contribution in [0.5, 0.6) is 0 Å². The summed E-state index contributed by atoms with van der Waals surface area (Å²) in [6, 6.07) is 12.5. The van der Waals surface area contributed by atoms with Gasteiger partial charge in [0.25, 0.3) is 0 Å². The Labute approximate surface area is 110 Å². The van der Waals surface area contributed by atoms with Gasteiger partial charge in [-0.15, -0.1) is 11.3 Å². The van der Waals surface area contributed by atoms with Crippen LogP contribution in [-0.4, -0.2) is 6.54 Å². The molecule has 0 atom stereocenters. The van der Waals surface area contributed by atoms with Gasteiger partial charge in [-0.1, -0.05) is 12.1 Å². The van der Waals surface area contributed by atoms with E-state index in [1.54, 1.807) is 12.1 Å². The average molecular weight is 260 g/mol. The summed E-state index contributed by atoms with van der Waals surface area (Å²) in [4.78, 5) is 1.90. The van der Waals surface area contributed by atoms with E-state index < -0.39 is 0 Å². The summed E-state index contributed by atoms with van der Waals surface area (Å²) in [6.45, 7) is 1.61. The number of nitrogens with zero attached hydrogens (tertiary/aromatic N) is 1. The Morgan fingerprint density at radius 3 is 2.61 bits per heavy atom. The molecule has 0 aliphatic carbocycles. The SMILES string of the molecule is N#Cc1ccc(CNCCc2ccc(F)cc2)s1. The van der Waals surface area contributed by atoms with Crippen LogP contribution in [-0.2, 0) is 13.0 Å². The molecule has 0 radical (unpaired) electrons. The number of benzene rings is 1. The molecule has 1 heterocycles. The summed E-state index contributed by atoms with van der Waals surface area (Å²) in [5, 5.41) is 12.0. The first-order valence-electron chi connectivity index (χ1n) is 5.72. The van der Waals surface area contributed by atoms with Crippen LogP contribution in [0.4, 0.5) is 4.39 Å². The van der Waals surface area contributed by atoms with E-state index in [1.165, 1.54) is 23.5 Å². The molecule has 2 nitrogen and oxygen atoms in total. The third-order valence-electron chi connectivity index (χ3n) is 2.57. The highest BCUT2D eigenvalue weighted by Gasteiger charge is 1.99. The van der Waals surface area contributed by atoms with Gasteiger partial charge in [0.1, 0.15) is 16.8 Å². The van der Waals surface area contributed by atoms with Gasteiger partial charge in [-0.25, -0.2) is 4.39 Å². The van der Waals surface area contributed by atoms with Crippen LogP contribution in [0.1, 0.15) is 15.3 Å². The van der Waals surface area contributed by atoms with Gasteiger partial charge >= 0.3 is 0 Å². The maximum atomic E-state index is 12.7. The molecule has 1 aromatic heterocycles. The third-order valence-corrected chi connectivity index (χ3v) is 3.56. The van der Waals surface area contributed by atoms with Crippen molar-refractivity contribution in [2.24, 2.45) is 0 Å². The van der Waals surface area contributed by atoms with Crippen molar-refractivity contribution in [3.63, 3.8) is 0 Å². The van der Waals surface area contributed by atoms with Crippen molar-refractivity contribution >= 4 is 11.3 Å². The van der Waals surface area contributed by atoms with E-state index in [4.69, 9.17) is 5.26 Å². The van der Waals surface area contributed by atoms with E-state index >= 15 is 0 Å². The first kappa shape index (κ1) is 12.7. The molecule has 2 aromatic rings. The fourth-order valence-corrected chi connectivity index (χ4v) is 2.40. The normalized spacial score (nSPS) is 10.2. The molecule has 0 saturated carbocycles. The van der Waals surface area contributed by atoms with Gasteiger partial charge in [0, 0.05) is 11.4 Å². The molecule has 18 heavy (non-hydrogen) atoms. The minimum absolute atomic E-state index is 0.200. The van der Waals surface area contributed by atoms with Crippen LogP contribution in [0.3, 0.4) is 0 Å². The lowest BCUT2D eigenvalue weighted by atomic mass is 10.1. The zero-order chi connectivity index (χ0) is 12.8. The molecule has 0 spiro atoms. The maximum Gasteiger partial charge on any atom is 0.123 e. The topological polar surface area (TPSA) is 35.8 Å². The summed E-state index contributed by atoms with van der Waals surface area (Å²) in [7, 11) is 0. The first-order valence-corrected chi connectivity index (χ1v) is 6.53. The number of halogens is 1. The Balaban J connectivity index is 1.73. The highest BCUT2D eigenvalue weighted by atomic mass is 32.1. The molecule has 4 heteroatoms. The van der Waals surface area contributed by atoms with Crippen molar-refractivity contribution in [2.45, 2.75) is 13.0 Å². The molecule has 0 saturated heterocycles. The van der Waals surface area contributed by atoms with Crippen LogP contribution in [0.2, 0.25) is 0 Å². The van der Waals surface area contributed by atoms with Crippen LogP contribution in [0.15, 0.2) is 36.4 Å². The summed E-state index contributed by atoms with van der Waals surface area (Å²) in [5.74, 6) is -0.200. The third kappa shape index (κ3) is 3.66. The van der Waals surface area contributed by atoms with Gasteiger partial charge in [0.2, 0.25) is 0 Å². The largest absolute Gasteiger partial charge is 0.312 e. The molecule has 0 aliphatic heterocycles. The Morgan fingerprint density at radius 2 is 1.94 bits per heavy atom. The zero-order valence-corrected chi connectivity index (χ0v) is 10.6. The van der Waals surface area contributed by atoms with E-state index in [0.717, 1.165) is 34.8 Å². The second-order valence-electron chi connectivity index (χ2n) is 3.93. The van der Waals surface area contributed by atoms with Crippen molar-refractivity contribution in [1.82, 2.24) is 5.32 Å². The molecule has 0 unspecified atom stereocenters. The number of rotatable bonds is 5. The van der Waals surface area contributed by atoms with Gasteiger partial charge in [-0.2, -0.15) is 5.26 Å². The van der Waals surface area contributed by atoms with Crippen molar-refractivity contribution in [3.05, 3.63) is 57.5 Å². The Kier molecular flexibility index (Phi) is 4.46. The standard InChI is InChI=1S/C14H13FN2S/c15-12-3-1-11(2-4-12)7-8-17-10-14-6-5-13(9-16)18-14/h1-6,17H,7-8,10H2. The monoisotopic (exact) mass is 260 g/mol. The van der Waals surface area contributed by atoms with Crippen molar-refractivity contribution in [2.75, 3.05) is 6.54 Å². The number of hydrogen-bond donors (Lipinski definition) is 1. The predicted octanol–water partition coefficient (Wildman–Crippen LogP) is 3.09. The molecule has 1 N–H and O–H groups in total. The fraction of sp³-hybridized carbons (Fsp3) is 0.214. The van der Waals surface area contributed by atoms with Gasteiger partial charge in [-0.05, 0) is 42.8 Å². The lowest BCUT2D eigenvalue weighted by Gasteiger charge is -2.03. The van der Waals surface area contributed by atoms with Crippen LogP contribution >= 0.6 is 11.3 Å². The molecule has 0 fully saturated rings. The smallest absolute Gasteiger partial charge is 0.123 e. The molecular formula is C14H13FN2S. The highest BCUT2D eigenvalue weighted by Crippen LogP contribution is 2.14. The predicted molar refractivity (Wildman–Crippen MR) is 70.8 cm³/mol. The molecule has 2 rings (SSSR count). The Morgan fingerprint density at radius 1 is 1.17 bits per heavy atom. The second-order valence-corrected chi connectivity index (χ2v) is 5.10. The van der Waals surface area contributed by atoms with E-state index in [0.29, 0.717) is 0 Å². The zero-order valence-electron chi connectivity index (χ0n) is 9.82. The Bertz CT molecular complexity index is 540. The number of nitrogens with one attached hydrogen (secondary N) is 1. The lowest BCUT2D eigenvalue weighted by molar-refractivity contribution is 0.626. The summed E-state index contributed by atoms with van der Waals surface area (Å²) in [6.07, 6.45) is 0.872. The molecule has 0 bridgehead atoms. The summed E-state index contributed by atoms with van der Waals surface area (Å²) < 4.78 is 12.7. The van der Waals surface area contributed by atoms with E-state index in [2.05, 4.69) is 11.4 Å². The number of thiophene rings is 1. The lowest BCUT2D eigenvalue weighted by Crippen LogP contribution is -2.15. The maximum absolute atomic E-state index is 12.7. The van der Waals surface area contributed by atoms with Crippen LogP contribution in [0, 0.1) is 17.1 Å². The van der Waals surface area contributed by atoms with Gasteiger partial charge < -0.3 is 5.32 Å². The minimum atomic E-state index is -0.200. The van der Waals surface area contributed by atoms with E-state index in [9.17, 15) is 4.39 Å². The van der Waals surface area contributed by atoms with Crippen molar-refractivity contribution in [1.29, 1.82) is 5.26 Å². The molecular weight excluding hydrogens is 247 g/mol. The van der Waals surface area contributed by atoms with Crippen LogP contribution < -0.4 is 5.32 Å². The van der Waals surface area contributed by atoms with Crippen molar-refractivity contribution in [3.8, 4) is 6.07 Å². The molecule has 92 valence electrons. The summed E-state index contributed by atoms with van der Waals surface area (Å²) in [5.41, 5.74) is 1.12. The number of hydrogen-bond acceptors (Lipinski definition) is 3. The van der Waals surface area contributed by atoms with Gasteiger partial charge in [0.05, 0.1) is 0 Å². The van der Waals surface area contributed by atoms with Crippen molar-refractivity contribution < 1.29 is 4.39 Å². The minimum Gasteiger partial charge on any atom is -0.312 e. The first-order chi connectivity index (χ1) is 8.78. The van der Waals surface area contributed by atoms with Gasteiger partial charge in [0.15, 0.2) is 0 Å². The highest BCUT2D eigenvalue weighted by molar-refractivity contribution is 7.12. The average Bonchev–Trinajstić information content (AvgIpc) is 2.85. The summed E-state index contributed by atoms with van der Waals surface area (Å²) >= 11 is 1.51. The second kappa shape index (κ2) is 6.29. The number of nitriles is 1. The quantitative estimate of drug-likeness (QED) is 0.839. The molecule has 1 aromatic carbocycles. The molecule has 0 amide bonds. The van der Waals surface area contributed by atoms with Gasteiger partial charge in [-0.3, -0.25) is 0 Å². The Hall–Kier alpha value is -1.70. The molecule has 0 aliphatic rings. The van der Waals surface area contributed by atoms with E-state index in [-0.39, 0.29) is 5.82 Å². The van der Waals surface area contributed by atoms with Crippen LogP contribution in [0.25, 0.3) is 0 Å². The van der Waals surface area contributed by atoms with E-state index in [1.807, 2.05) is 12.1 Å².